The number of likely N-dealkylation sites (tertiary alicyclic amines) is 1. The molecule has 2 aliphatic heterocycles. The Hall–Kier alpha value is -2.37. The normalized spacial score (nSPS) is 32.1. The van der Waals surface area contributed by atoms with Crippen molar-refractivity contribution < 1.29 is 4.39 Å². The summed E-state index contributed by atoms with van der Waals surface area (Å²) in [7, 11) is 0. The number of alkyl halides is 1. The highest BCUT2D eigenvalue weighted by atomic mass is 19.1. The van der Waals surface area contributed by atoms with Gasteiger partial charge in [-0.1, -0.05) is 36.9 Å². The SMILES string of the molecule is C=C(/C=C\C(=C/C)NC1CN(C[C@@H](C)F)C1)[C@@H]1c2[nH]c3ccccc3c2C[C@@H](C)N1C12CC(C1)C2. The van der Waals surface area contributed by atoms with Crippen LogP contribution in [0, 0.1) is 5.92 Å². The van der Waals surface area contributed by atoms with Crippen LogP contribution < -0.4 is 5.32 Å². The van der Waals surface area contributed by atoms with Gasteiger partial charge < -0.3 is 10.3 Å². The fourth-order valence-corrected chi connectivity index (χ4v) is 7.23. The lowest BCUT2D eigenvalue weighted by Crippen LogP contribution is -2.71. The first-order valence-electron chi connectivity index (χ1n) is 13.4. The van der Waals surface area contributed by atoms with Crippen molar-refractivity contribution in [3.63, 3.8) is 0 Å². The molecule has 0 spiro atoms. The summed E-state index contributed by atoms with van der Waals surface area (Å²) in [6, 6.07) is 9.79. The highest BCUT2D eigenvalue weighted by molar-refractivity contribution is 5.85. The van der Waals surface area contributed by atoms with E-state index in [0.29, 0.717) is 24.2 Å². The topological polar surface area (TPSA) is 34.3 Å². The lowest BCUT2D eigenvalue weighted by atomic mass is 9.48. The lowest BCUT2D eigenvalue weighted by molar-refractivity contribution is -0.174. The number of aromatic nitrogens is 1. The van der Waals surface area contributed by atoms with E-state index in [2.05, 4.69) is 83.0 Å². The molecular weight excluding hydrogens is 435 g/mol. The second kappa shape index (κ2) is 8.63. The van der Waals surface area contributed by atoms with Gasteiger partial charge in [0.2, 0.25) is 0 Å². The van der Waals surface area contributed by atoms with E-state index in [1.165, 1.54) is 41.4 Å². The number of hydrogen-bond donors (Lipinski definition) is 2. The highest BCUT2D eigenvalue weighted by Gasteiger charge is 2.63. The van der Waals surface area contributed by atoms with Crippen molar-refractivity contribution in [2.24, 2.45) is 5.92 Å². The maximum absolute atomic E-state index is 13.3. The smallest absolute Gasteiger partial charge is 0.110 e. The highest BCUT2D eigenvalue weighted by Crippen LogP contribution is 2.64. The van der Waals surface area contributed by atoms with Crippen LogP contribution in [0.15, 0.2) is 60.3 Å². The summed E-state index contributed by atoms with van der Waals surface area (Å²) >= 11 is 0. The van der Waals surface area contributed by atoms with E-state index in [1.807, 2.05) is 0 Å². The summed E-state index contributed by atoms with van der Waals surface area (Å²) < 4.78 is 13.3. The molecule has 3 saturated carbocycles. The second-order valence-corrected chi connectivity index (χ2v) is 11.6. The maximum Gasteiger partial charge on any atom is 0.110 e. The summed E-state index contributed by atoms with van der Waals surface area (Å²) in [5.41, 5.74) is 6.67. The van der Waals surface area contributed by atoms with Gasteiger partial charge in [0.15, 0.2) is 0 Å². The van der Waals surface area contributed by atoms with Crippen molar-refractivity contribution in [1.82, 2.24) is 20.1 Å². The van der Waals surface area contributed by atoms with Crippen molar-refractivity contribution in [3.8, 4) is 0 Å². The number of hydrogen-bond acceptors (Lipinski definition) is 3. The Morgan fingerprint density at radius 1 is 1.26 bits per heavy atom. The molecule has 4 fully saturated rings. The van der Waals surface area contributed by atoms with Crippen LogP contribution in [0.5, 0.6) is 0 Å². The van der Waals surface area contributed by atoms with Crippen LogP contribution in [-0.2, 0) is 6.42 Å². The molecular formula is C30H39FN4. The van der Waals surface area contributed by atoms with E-state index >= 15 is 0 Å². The molecule has 3 atom stereocenters. The monoisotopic (exact) mass is 474 g/mol. The number of para-hydroxylation sites is 1. The molecule has 5 heteroatoms. The number of allylic oxidation sites excluding steroid dienone is 2. The van der Waals surface area contributed by atoms with Gasteiger partial charge in [0.1, 0.15) is 6.17 Å². The van der Waals surface area contributed by atoms with E-state index in [4.69, 9.17) is 0 Å². The zero-order valence-electron chi connectivity index (χ0n) is 21.4. The molecule has 7 rings (SSSR count). The summed E-state index contributed by atoms with van der Waals surface area (Å²) in [5, 5.41) is 5.00. The van der Waals surface area contributed by atoms with E-state index < -0.39 is 6.17 Å². The number of halogens is 1. The van der Waals surface area contributed by atoms with Crippen LogP contribution in [-0.4, -0.2) is 58.2 Å². The number of rotatable bonds is 8. The van der Waals surface area contributed by atoms with Gasteiger partial charge in [0.25, 0.3) is 0 Å². The standard InChI is InChI=1S/C30H39FN4/c1-5-23(32-24-17-34(18-24)16-20(3)31)11-10-19(2)29-28-26(25-8-6-7-9-27(25)33-28)12-21(4)35(29)30-13-22(14-30)15-30/h5-11,20-22,24,29,32-33H,2,12-18H2,1,3-4H3/b11-10-,23-5+/t20-,21-,22?,29-,30?/m1/s1. The molecule has 2 N–H and O–H groups in total. The Morgan fingerprint density at radius 3 is 2.66 bits per heavy atom. The van der Waals surface area contributed by atoms with Crippen molar-refractivity contribution in [2.75, 3.05) is 19.6 Å². The molecule has 2 bridgehead atoms. The van der Waals surface area contributed by atoms with Crippen LogP contribution in [0.25, 0.3) is 10.9 Å². The molecule has 4 nitrogen and oxygen atoms in total. The Labute approximate surface area is 208 Å². The second-order valence-electron chi connectivity index (χ2n) is 11.6. The average molecular weight is 475 g/mol. The van der Waals surface area contributed by atoms with Crippen molar-refractivity contribution in [2.45, 2.75) is 76.3 Å². The van der Waals surface area contributed by atoms with Crippen molar-refractivity contribution in [3.05, 3.63) is 71.6 Å². The predicted molar refractivity (Wildman–Crippen MR) is 142 cm³/mol. The van der Waals surface area contributed by atoms with Gasteiger partial charge >= 0.3 is 0 Å². The summed E-state index contributed by atoms with van der Waals surface area (Å²) in [6.07, 6.45) is 10.9. The third-order valence-electron chi connectivity index (χ3n) is 8.90. The minimum absolute atomic E-state index is 0.182. The number of nitrogens with one attached hydrogen (secondary N) is 2. The minimum atomic E-state index is -0.767. The number of aromatic amines is 1. The van der Waals surface area contributed by atoms with Gasteiger partial charge in [0.05, 0.1) is 12.1 Å². The fourth-order valence-electron chi connectivity index (χ4n) is 7.23. The molecule has 3 aliphatic carbocycles. The Kier molecular flexibility index (Phi) is 5.69. The molecule has 5 aliphatic rings. The van der Waals surface area contributed by atoms with Crippen LogP contribution >= 0.6 is 0 Å². The maximum atomic E-state index is 13.3. The van der Waals surface area contributed by atoms with Gasteiger partial charge in [-0.2, -0.15) is 0 Å². The average Bonchev–Trinajstić information content (AvgIpc) is 3.10. The first-order chi connectivity index (χ1) is 16.9. The minimum Gasteiger partial charge on any atom is -0.380 e. The van der Waals surface area contributed by atoms with Crippen LogP contribution in [0.4, 0.5) is 4.39 Å². The molecule has 1 saturated heterocycles. The van der Waals surface area contributed by atoms with E-state index in [-0.39, 0.29) is 6.04 Å². The third-order valence-corrected chi connectivity index (χ3v) is 8.90. The summed E-state index contributed by atoms with van der Waals surface area (Å²) in [6.45, 7) is 13.1. The summed E-state index contributed by atoms with van der Waals surface area (Å²) in [5.74, 6) is 0.942. The van der Waals surface area contributed by atoms with Gasteiger partial charge in [-0.15, -0.1) is 0 Å². The number of nitrogens with zero attached hydrogens (tertiary/aromatic N) is 2. The molecule has 35 heavy (non-hydrogen) atoms. The Morgan fingerprint density at radius 2 is 2.00 bits per heavy atom. The van der Waals surface area contributed by atoms with Crippen molar-refractivity contribution in [1.29, 1.82) is 0 Å². The van der Waals surface area contributed by atoms with Gasteiger partial charge in [0, 0.05) is 53.5 Å². The Bertz CT molecular complexity index is 1170. The number of fused-ring (bicyclic) bond motifs is 3. The van der Waals surface area contributed by atoms with Crippen LogP contribution in [0.3, 0.4) is 0 Å². The number of H-pyrrole nitrogens is 1. The quantitative estimate of drug-likeness (QED) is 0.485. The molecule has 0 unspecified atom stereocenters. The molecule has 1 aromatic heterocycles. The van der Waals surface area contributed by atoms with E-state index in [1.54, 1.807) is 6.92 Å². The zero-order valence-corrected chi connectivity index (χ0v) is 21.4. The zero-order chi connectivity index (χ0) is 24.3. The first kappa shape index (κ1) is 23.1. The van der Waals surface area contributed by atoms with E-state index in [0.717, 1.165) is 36.7 Å². The lowest BCUT2D eigenvalue weighted by Gasteiger charge is -2.70. The molecule has 0 amide bonds. The summed E-state index contributed by atoms with van der Waals surface area (Å²) in [4.78, 5) is 8.78. The first-order valence-corrected chi connectivity index (χ1v) is 13.4. The van der Waals surface area contributed by atoms with E-state index in [9.17, 15) is 4.39 Å². The van der Waals surface area contributed by atoms with Crippen molar-refractivity contribution >= 4 is 10.9 Å². The predicted octanol–water partition coefficient (Wildman–Crippen LogP) is 5.66. The molecule has 1 aromatic carbocycles. The van der Waals surface area contributed by atoms with Gasteiger partial charge in [-0.25, -0.2) is 4.39 Å². The molecule has 2 aromatic rings. The fraction of sp³-hybridized carbons (Fsp3) is 0.533. The van der Waals surface area contributed by atoms with Gasteiger partial charge in [-0.05, 0) is 75.7 Å². The van der Waals surface area contributed by atoms with Gasteiger partial charge in [-0.3, -0.25) is 9.80 Å². The van der Waals surface area contributed by atoms with Crippen LogP contribution in [0.1, 0.15) is 57.3 Å². The Balaban J connectivity index is 1.24. The number of benzene rings is 1. The largest absolute Gasteiger partial charge is 0.380 e. The third kappa shape index (κ3) is 3.88. The molecule has 186 valence electrons. The van der Waals surface area contributed by atoms with Crippen LogP contribution in [0.2, 0.25) is 0 Å². The molecule has 3 heterocycles. The molecule has 0 radical (unpaired) electrons.